The summed E-state index contributed by atoms with van der Waals surface area (Å²) in [5, 5.41) is 4.69. The van der Waals surface area contributed by atoms with Gasteiger partial charge in [-0.05, 0) is 29.1 Å². The van der Waals surface area contributed by atoms with Gasteiger partial charge in [-0.25, -0.2) is 9.18 Å². The first kappa shape index (κ1) is 15.1. The average Bonchev–Trinajstić information content (AvgIpc) is 3.22. The Labute approximate surface area is 142 Å². The number of carbonyl (C=O) groups is 2. The van der Waals surface area contributed by atoms with E-state index in [0.717, 1.165) is 11.1 Å². The quantitative estimate of drug-likeness (QED) is 0.909. The first-order valence-electron chi connectivity index (χ1n) is 7.80. The van der Waals surface area contributed by atoms with Crippen LogP contribution in [-0.2, 0) is 0 Å². The highest BCUT2D eigenvalue weighted by molar-refractivity contribution is 7.12. The summed E-state index contributed by atoms with van der Waals surface area (Å²) < 4.78 is 13.1. The number of thiophene rings is 1. The summed E-state index contributed by atoms with van der Waals surface area (Å²) in [5.74, 6) is -0.320. The highest BCUT2D eigenvalue weighted by Gasteiger charge is 2.37. The molecule has 124 valence electrons. The molecular formula is C17H16FN3O2S. The second-order valence-electron chi connectivity index (χ2n) is 5.95. The number of piperazine rings is 1. The molecule has 1 atom stereocenters. The largest absolute Gasteiger partial charge is 0.336 e. The molecular weight excluding hydrogens is 329 g/mol. The number of nitrogens with one attached hydrogen (secondary N) is 1. The lowest BCUT2D eigenvalue weighted by Gasteiger charge is -2.36. The third kappa shape index (κ3) is 2.54. The van der Waals surface area contributed by atoms with Crippen molar-refractivity contribution < 1.29 is 14.0 Å². The van der Waals surface area contributed by atoms with Crippen molar-refractivity contribution in [1.29, 1.82) is 0 Å². The Morgan fingerprint density at radius 2 is 2.00 bits per heavy atom. The normalized spacial score (nSPS) is 20.0. The molecule has 1 N–H and O–H groups in total. The fourth-order valence-corrected chi connectivity index (χ4v) is 4.15. The Morgan fingerprint density at radius 3 is 2.79 bits per heavy atom. The standard InChI is InChI=1S/C17H16FN3O2S/c18-12-3-1-11(2-4-12)14-5-8-24-15(14)16(22)20-6-7-21-13(10-20)9-19-17(21)23/h1-5,8,13H,6-7,9-10H2,(H,19,23). The van der Waals surface area contributed by atoms with Gasteiger partial charge in [-0.1, -0.05) is 12.1 Å². The number of hydrogen-bond donors (Lipinski definition) is 1. The molecule has 1 aromatic heterocycles. The van der Waals surface area contributed by atoms with E-state index in [2.05, 4.69) is 5.32 Å². The van der Waals surface area contributed by atoms with Crippen LogP contribution in [0.25, 0.3) is 11.1 Å². The first-order valence-corrected chi connectivity index (χ1v) is 8.68. The zero-order valence-electron chi connectivity index (χ0n) is 12.9. The lowest BCUT2D eigenvalue weighted by atomic mass is 10.1. The fourth-order valence-electron chi connectivity index (χ4n) is 3.26. The molecule has 3 amide bonds. The molecule has 2 aliphatic rings. The van der Waals surface area contributed by atoms with Gasteiger partial charge in [0, 0.05) is 31.7 Å². The first-order chi connectivity index (χ1) is 11.6. The van der Waals surface area contributed by atoms with Crippen LogP contribution >= 0.6 is 11.3 Å². The number of rotatable bonds is 2. The summed E-state index contributed by atoms with van der Waals surface area (Å²) >= 11 is 1.40. The van der Waals surface area contributed by atoms with Crippen LogP contribution in [0.15, 0.2) is 35.7 Å². The van der Waals surface area contributed by atoms with Crippen LogP contribution in [-0.4, -0.2) is 54.0 Å². The topological polar surface area (TPSA) is 52.7 Å². The fraction of sp³-hybridized carbons (Fsp3) is 0.294. The Bertz CT molecular complexity index is 789. The Balaban J connectivity index is 1.57. The number of benzene rings is 1. The Hall–Kier alpha value is -2.41. The zero-order valence-corrected chi connectivity index (χ0v) is 13.7. The lowest BCUT2D eigenvalue weighted by molar-refractivity contribution is 0.0622. The molecule has 0 saturated carbocycles. The summed E-state index contributed by atoms with van der Waals surface area (Å²) in [6.45, 7) is 2.21. The number of hydrogen-bond acceptors (Lipinski definition) is 3. The van der Waals surface area contributed by atoms with Crippen molar-refractivity contribution in [2.24, 2.45) is 0 Å². The van der Waals surface area contributed by atoms with Crippen molar-refractivity contribution in [2.45, 2.75) is 6.04 Å². The van der Waals surface area contributed by atoms with E-state index >= 15 is 0 Å². The van der Waals surface area contributed by atoms with E-state index < -0.39 is 0 Å². The minimum atomic E-state index is -0.295. The van der Waals surface area contributed by atoms with Crippen LogP contribution in [0.5, 0.6) is 0 Å². The lowest BCUT2D eigenvalue weighted by Crippen LogP contribution is -2.53. The maximum absolute atomic E-state index is 13.1. The molecule has 2 aromatic rings. The van der Waals surface area contributed by atoms with E-state index in [9.17, 15) is 14.0 Å². The molecule has 3 heterocycles. The van der Waals surface area contributed by atoms with Crippen molar-refractivity contribution in [3.8, 4) is 11.1 Å². The van der Waals surface area contributed by atoms with E-state index in [1.54, 1.807) is 21.9 Å². The van der Waals surface area contributed by atoms with Crippen LogP contribution in [0.2, 0.25) is 0 Å². The molecule has 1 aromatic carbocycles. The van der Waals surface area contributed by atoms with E-state index in [4.69, 9.17) is 0 Å². The second-order valence-corrected chi connectivity index (χ2v) is 6.87. The molecule has 2 fully saturated rings. The van der Waals surface area contributed by atoms with Gasteiger partial charge in [0.2, 0.25) is 0 Å². The molecule has 0 radical (unpaired) electrons. The maximum atomic E-state index is 13.1. The van der Waals surface area contributed by atoms with Crippen molar-refractivity contribution >= 4 is 23.3 Å². The van der Waals surface area contributed by atoms with Crippen molar-refractivity contribution in [3.05, 3.63) is 46.4 Å². The SMILES string of the molecule is O=C(c1sccc1-c1ccc(F)cc1)N1CCN2C(=O)NCC2C1. The molecule has 0 spiro atoms. The van der Waals surface area contributed by atoms with Crippen LogP contribution in [0.3, 0.4) is 0 Å². The van der Waals surface area contributed by atoms with Gasteiger partial charge in [-0.3, -0.25) is 4.79 Å². The molecule has 5 nitrogen and oxygen atoms in total. The molecule has 0 bridgehead atoms. The summed E-state index contributed by atoms with van der Waals surface area (Å²) in [6.07, 6.45) is 0. The summed E-state index contributed by atoms with van der Waals surface area (Å²) in [6, 6.07) is 8.06. The third-order valence-corrected chi connectivity index (χ3v) is 5.44. The summed E-state index contributed by atoms with van der Waals surface area (Å²) in [4.78, 5) is 28.8. The van der Waals surface area contributed by atoms with E-state index in [-0.39, 0.29) is 23.8 Å². The Morgan fingerprint density at radius 1 is 1.21 bits per heavy atom. The minimum absolute atomic E-state index is 0.0247. The van der Waals surface area contributed by atoms with Gasteiger partial charge >= 0.3 is 6.03 Å². The van der Waals surface area contributed by atoms with E-state index in [1.807, 2.05) is 11.4 Å². The van der Waals surface area contributed by atoms with Crippen LogP contribution < -0.4 is 5.32 Å². The molecule has 24 heavy (non-hydrogen) atoms. The highest BCUT2D eigenvalue weighted by Crippen LogP contribution is 2.30. The number of urea groups is 1. The Kier molecular flexibility index (Phi) is 3.72. The van der Waals surface area contributed by atoms with Gasteiger partial charge in [0.25, 0.3) is 5.91 Å². The number of amides is 3. The number of fused-ring (bicyclic) bond motifs is 1. The van der Waals surface area contributed by atoms with Gasteiger partial charge < -0.3 is 15.1 Å². The number of nitrogens with zero attached hydrogens (tertiary/aromatic N) is 2. The summed E-state index contributed by atoms with van der Waals surface area (Å²) in [5.41, 5.74) is 1.66. The van der Waals surface area contributed by atoms with E-state index in [1.165, 1.54) is 23.5 Å². The van der Waals surface area contributed by atoms with Crippen LogP contribution in [0, 0.1) is 5.82 Å². The van der Waals surface area contributed by atoms with E-state index in [0.29, 0.717) is 31.1 Å². The number of carbonyl (C=O) groups excluding carboxylic acids is 2. The van der Waals surface area contributed by atoms with Gasteiger partial charge in [0.15, 0.2) is 0 Å². The van der Waals surface area contributed by atoms with Crippen molar-refractivity contribution in [2.75, 3.05) is 26.2 Å². The third-order valence-electron chi connectivity index (χ3n) is 4.53. The minimum Gasteiger partial charge on any atom is -0.336 e. The van der Waals surface area contributed by atoms with Crippen LogP contribution in [0.4, 0.5) is 9.18 Å². The summed E-state index contributed by atoms with van der Waals surface area (Å²) in [7, 11) is 0. The smallest absolute Gasteiger partial charge is 0.317 e. The van der Waals surface area contributed by atoms with Crippen LogP contribution in [0.1, 0.15) is 9.67 Å². The van der Waals surface area contributed by atoms with Crippen molar-refractivity contribution in [3.63, 3.8) is 0 Å². The van der Waals surface area contributed by atoms with Gasteiger partial charge in [0.05, 0.1) is 10.9 Å². The predicted octanol–water partition coefficient (Wildman–Crippen LogP) is 2.40. The number of halogens is 1. The molecule has 4 rings (SSSR count). The zero-order chi connectivity index (χ0) is 16.7. The monoisotopic (exact) mass is 345 g/mol. The molecule has 2 aliphatic heterocycles. The average molecular weight is 345 g/mol. The molecule has 1 unspecified atom stereocenters. The molecule has 7 heteroatoms. The maximum Gasteiger partial charge on any atom is 0.317 e. The second kappa shape index (κ2) is 5.90. The van der Waals surface area contributed by atoms with Gasteiger partial charge in [0.1, 0.15) is 5.82 Å². The van der Waals surface area contributed by atoms with Gasteiger partial charge in [-0.15, -0.1) is 11.3 Å². The van der Waals surface area contributed by atoms with Crippen molar-refractivity contribution in [1.82, 2.24) is 15.1 Å². The molecule has 0 aliphatic carbocycles. The predicted molar refractivity (Wildman–Crippen MR) is 89.5 cm³/mol. The molecule has 2 saturated heterocycles. The highest BCUT2D eigenvalue weighted by atomic mass is 32.1. The van der Waals surface area contributed by atoms with Gasteiger partial charge in [-0.2, -0.15) is 0 Å².